The molecule has 1 aromatic rings. The quantitative estimate of drug-likeness (QED) is 0.810. The van der Waals surface area contributed by atoms with Gasteiger partial charge in [0.05, 0.1) is 5.02 Å². The van der Waals surface area contributed by atoms with E-state index in [1.54, 1.807) is 6.08 Å². The second-order valence-corrected chi connectivity index (χ2v) is 3.12. The Morgan fingerprint density at radius 3 is 2.82 bits per heavy atom. The van der Waals surface area contributed by atoms with E-state index in [1.165, 1.54) is 6.20 Å². The lowest BCUT2D eigenvalue weighted by Gasteiger charge is -2.02. The third-order valence-corrected chi connectivity index (χ3v) is 2.61. The molecule has 0 aromatic carbocycles. The summed E-state index contributed by atoms with van der Waals surface area (Å²) in [5.74, 6) is 0.427. The van der Waals surface area contributed by atoms with Gasteiger partial charge < -0.3 is 5.73 Å². The van der Waals surface area contributed by atoms with Crippen molar-refractivity contribution < 1.29 is 0 Å². The number of nitrogens with two attached hydrogens (primary N) is 1. The fourth-order valence-corrected chi connectivity index (χ4v) is 1.31. The van der Waals surface area contributed by atoms with Crippen LogP contribution in [0.3, 0.4) is 0 Å². The van der Waals surface area contributed by atoms with Crippen molar-refractivity contribution in [2.24, 2.45) is 0 Å². The fourth-order valence-electron chi connectivity index (χ4n) is 0.688. The lowest BCUT2D eigenvalue weighted by molar-refractivity contribution is 1.31. The molecular formula is C7H6BrClN2. The normalized spacial score (nSPS) is 9.64. The van der Waals surface area contributed by atoms with Gasteiger partial charge in [0.2, 0.25) is 0 Å². The summed E-state index contributed by atoms with van der Waals surface area (Å²) in [6.07, 6.45) is 3.10. The smallest absolute Gasteiger partial charge is 0.131 e. The monoisotopic (exact) mass is 232 g/mol. The van der Waals surface area contributed by atoms with Crippen LogP contribution in [0.1, 0.15) is 5.56 Å². The summed E-state index contributed by atoms with van der Waals surface area (Å²) in [5.41, 5.74) is 6.26. The predicted octanol–water partition coefficient (Wildman–Crippen LogP) is 2.72. The minimum absolute atomic E-state index is 0.427. The molecule has 0 spiro atoms. The maximum atomic E-state index is 5.75. The van der Waals surface area contributed by atoms with Gasteiger partial charge in [0.15, 0.2) is 0 Å². The van der Waals surface area contributed by atoms with E-state index in [0.717, 1.165) is 10.0 Å². The molecule has 1 heterocycles. The Morgan fingerprint density at radius 2 is 2.36 bits per heavy atom. The number of anilines is 1. The van der Waals surface area contributed by atoms with Crippen LogP contribution in [0, 0.1) is 0 Å². The summed E-state index contributed by atoms with van der Waals surface area (Å²) in [6.45, 7) is 3.59. The lowest BCUT2D eigenvalue weighted by Crippen LogP contribution is -1.94. The van der Waals surface area contributed by atoms with Crippen LogP contribution in [0.4, 0.5) is 5.82 Å². The van der Waals surface area contributed by atoms with E-state index in [0.29, 0.717) is 10.8 Å². The van der Waals surface area contributed by atoms with Gasteiger partial charge in [0, 0.05) is 16.2 Å². The molecule has 0 aliphatic heterocycles. The molecule has 0 amide bonds. The lowest BCUT2D eigenvalue weighted by atomic mass is 10.2. The Bertz CT molecular complexity index is 299. The zero-order valence-electron chi connectivity index (χ0n) is 5.64. The topological polar surface area (TPSA) is 38.9 Å². The summed E-state index contributed by atoms with van der Waals surface area (Å²) in [6, 6.07) is 0. The SMILES string of the molecule is C=Cc1c(N)ncc(Cl)c1Br. The third-order valence-electron chi connectivity index (χ3n) is 1.24. The fraction of sp³-hybridized carbons (Fsp3) is 0. The summed E-state index contributed by atoms with van der Waals surface area (Å²) < 4.78 is 0.738. The number of hydrogen-bond donors (Lipinski definition) is 1. The molecule has 1 rings (SSSR count). The second kappa shape index (κ2) is 3.24. The van der Waals surface area contributed by atoms with Crippen LogP contribution in [-0.4, -0.2) is 4.98 Å². The third kappa shape index (κ3) is 1.54. The minimum atomic E-state index is 0.427. The first-order valence-corrected chi connectivity index (χ1v) is 4.06. The standard InChI is InChI=1S/C7H6BrClN2/c1-2-4-6(8)5(9)3-11-7(4)10/h2-3H,1H2,(H2,10,11). The summed E-state index contributed by atoms with van der Waals surface area (Å²) in [4.78, 5) is 3.85. The van der Waals surface area contributed by atoms with Gasteiger partial charge in [-0.05, 0) is 15.9 Å². The molecule has 0 saturated heterocycles. The molecule has 0 radical (unpaired) electrons. The molecular weight excluding hydrogens is 227 g/mol. The van der Waals surface area contributed by atoms with E-state index in [4.69, 9.17) is 17.3 Å². The Labute approximate surface area is 78.2 Å². The molecule has 4 heteroatoms. The highest BCUT2D eigenvalue weighted by Gasteiger charge is 2.05. The van der Waals surface area contributed by atoms with Crippen molar-refractivity contribution in [2.45, 2.75) is 0 Å². The van der Waals surface area contributed by atoms with Crippen LogP contribution in [0.2, 0.25) is 5.02 Å². The molecule has 2 N–H and O–H groups in total. The number of rotatable bonds is 1. The van der Waals surface area contributed by atoms with E-state index >= 15 is 0 Å². The Kier molecular flexibility index (Phi) is 2.52. The highest BCUT2D eigenvalue weighted by atomic mass is 79.9. The van der Waals surface area contributed by atoms with Gasteiger partial charge in [-0.2, -0.15) is 0 Å². The van der Waals surface area contributed by atoms with Gasteiger partial charge in [0.1, 0.15) is 5.82 Å². The molecule has 0 bridgehead atoms. The molecule has 0 aliphatic rings. The summed E-state index contributed by atoms with van der Waals surface area (Å²) in [5, 5.41) is 0.536. The zero-order valence-corrected chi connectivity index (χ0v) is 7.98. The van der Waals surface area contributed by atoms with Crippen LogP contribution >= 0.6 is 27.5 Å². The van der Waals surface area contributed by atoms with Gasteiger partial charge in [-0.1, -0.05) is 24.3 Å². The average Bonchev–Trinajstić information content (AvgIpc) is 1.99. The maximum absolute atomic E-state index is 5.75. The van der Waals surface area contributed by atoms with Crippen LogP contribution < -0.4 is 5.73 Å². The Morgan fingerprint density at radius 1 is 1.73 bits per heavy atom. The average molecular weight is 233 g/mol. The molecule has 0 fully saturated rings. The van der Waals surface area contributed by atoms with E-state index in [2.05, 4.69) is 27.5 Å². The van der Waals surface area contributed by atoms with Crippen LogP contribution in [-0.2, 0) is 0 Å². The van der Waals surface area contributed by atoms with Crippen molar-refractivity contribution in [3.63, 3.8) is 0 Å². The summed E-state index contributed by atoms with van der Waals surface area (Å²) >= 11 is 9.02. The molecule has 0 atom stereocenters. The molecule has 58 valence electrons. The van der Waals surface area contributed by atoms with E-state index in [9.17, 15) is 0 Å². The Hall–Kier alpha value is -0.540. The van der Waals surface area contributed by atoms with E-state index in [1.807, 2.05) is 0 Å². The largest absolute Gasteiger partial charge is 0.383 e. The van der Waals surface area contributed by atoms with Gasteiger partial charge in [-0.25, -0.2) is 4.98 Å². The number of aromatic nitrogens is 1. The van der Waals surface area contributed by atoms with Crippen molar-refractivity contribution in [1.29, 1.82) is 0 Å². The Balaban J connectivity index is 3.40. The van der Waals surface area contributed by atoms with Gasteiger partial charge >= 0.3 is 0 Å². The number of hydrogen-bond acceptors (Lipinski definition) is 2. The van der Waals surface area contributed by atoms with E-state index in [-0.39, 0.29) is 0 Å². The van der Waals surface area contributed by atoms with Gasteiger partial charge in [-0.3, -0.25) is 0 Å². The van der Waals surface area contributed by atoms with Crippen LogP contribution in [0.5, 0.6) is 0 Å². The molecule has 11 heavy (non-hydrogen) atoms. The number of halogens is 2. The minimum Gasteiger partial charge on any atom is -0.383 e. The van der Waals surface area contributed by atoms with Gasteiger partial charge in [0.25, 0.3) is 0 Å². The summed E-state index contributed by atoms with van der Waals surface area (Å²) in [7, 11) is 0. The second-order valence-electron chi connectivity index (χ2n) is 1.92. The first kappa shape index (κ1) is 8.56. The van der Waals surface area contributed by atoms with Gasteiger partial charge in [-0.15, -0.1) is 0 Å². The molecule has 0 unspecified atom stereocenters. The highest BCUT2D eigenvalue weighted by Crippen LogP contribution is 2.29. The van der Waals surface area contributed by atoms with Crippen molar-refractivity contribution in [3.8, 4) is 0 Å². The van der Waals surface area contributed by atoms with E-state index < -0.39 is 0 Å². The van der Waals surface area contributed by atoms with Crippen LogP contribution in [0.15, 0.2) is 17.2 Å². The predicted molar refractivity (Wildman–Crippen MR) is 51.5 cm³/mol. The first-order chi connectivity index (χ1) is 5.16. The van der Waals surface area contributed by atoms with Crippen molar-refractivity contribution in [1.82, 2.24) is 4.98 Å². The molecule has 0 aliphatic carbocycles. The first-order valence-electron chi connectivity index (χ1n) is 2.88. The number of nitrogens with zero attached hydrogens (tertiary/aromatic N) is 1. The van der Waals surface area contributed by atoms with Crippen molar-refractivity contribution >= 4 is 39.4 Å². The molecule has 2 nitrogen and oxygen atoms in total. The van der Waals surface area contributed by atoms with Crippen molar-refractivity contribution in [3.05, 3.63) is 27.8 Å². The maximum Gasteiger partial charge on any atom is 0.131 e. The van der Waals surface area contributed by atoms with Crippen LogP contribution in [0.25, 0.3) is 6.08 Å². The molecule has 0 saturated carbocycles. The number of nitrogen functional groups attached to an aromatic ring is 1. The van der Waals surface area contributed by atoms with Crippen molar-refractivity contribution in [2.75, 3.05) is 5.73 Å². The molecule has 1 aromatic heterocycles. The highest BCUT2D eigenvalue weighted by molar-refractivity contribution is 9.10. The zero-order chi connectivity index (χ0) is 8.43. The number of pyridine rings is 1.